The molecular formula is C47H93NO7P+. The van der Waals surface area contributed by atoms with E-state index in [0.29, 0.717) is 24.1 Å². The molecule has 9 heteroatoms. The minimum Gasteiger partial charge on any atom is -0.457 e. The van der Waals surface area contributed by atoms with E-state index >= 15 is 0 Å². The largest absolute Gasteiger partial charge is 0.472 e. The third kappa shape index (κ3) is 44.1. The molecule has 0 bridgehead atoms. The molecule has 0 amide bonds. The highest BCUT2D eigenvalue weighted by Crippen LogP contribution is 2.43. The number of ether oxygens (including phenoxy) is 2. The molecule has 0 heterocycles. The molecule has 2 atom stereocenters. The zero-order valence-corrected chi connectivity index (χ0v) is 38.5. The lowest BCUT2D eigenvalue weighted by atomic mass is 10.0. The first-order chi connectivity index (χ1) is 27.1. The van der Waals surface area contributed by atoms with Crippen LogP contribution >= 0.6 is 7.82 Å². The molecule has 0 aromatic heterocycles. The SMILES string of the molecule is CCCCCCC/C=C\C/C=C\CCCCCCCCCCCCOCC(COP(=O)(O)OCC[N+](C)(C)C)OC(=O)CCCCCCCCCCCCCC. The van der Waals surface area contributed by atoms with Crippen LogP contribution in [0.2, 0.25) is 0 Å². The van der Waals surface area contributed by atoms with Gasteiger partial charge in [0.15, 0.2) is 0 Å². The summed E-state index contributed by atoms with van der Waals surface area (Å²) in [6.45, 7) is 5.63. The summed E-state index contributed by atoms with van der Waals surface area (Å²) >= 11 is 0. The fourth-order valence-electron chi connectivity index (χ4n) is 6.58. The van der Waals surface area contributed by atoms with E-state index in [-0.39, 0.29) is 25.8 Å². The van der Waals surface area contributed by atoms with Crippen molar-refractivity contribution in [3.05, 3.63) is 24.3 Å². The van der Waals surface area contributed by atoms with Crippen LogP contribution in [0.1, 0.15) is 213 Å². The van der Waals surface area contributed by atoms with Gasteiger partial charge in [0.2, 0.25) is 0 Å². The van der Waals surface area contributed by atoms with Gasteiger partial charge in [-0.3, -0.25) is 13.8 Å². The predicted octanol–water partition coefficient (Wildman–Crippen LogP) is 14.0. The van der Waals surface area contributed by atoms with E-state index < -0.39 is 13.9 Å². The van der Waals surface area contributed by atoms with E-state index in [9.17, 15) is 14.3 Å². The van der Waals surface area contributed by atoms with Crippen molar-refractivity contribution < 1.29 is 37.3 Å². The lowest BCUT2D eigenvalue weighted by molar-refractivity contribution is -0.870. The highest BCUT2D eigenvalue weighted by molar-refractivity contribution is 7.47. The predicted molar refractivity (Wildman–Crippen MR) is 238 cm³/mol. The van der Waals surface area contributed by atoms with E-state index in [2.05, 4.69) is 38.2 Å². The lowest BCUT2D eigenvalue weighted by Crippen LogP contribution is -2.37. The first-order valence-corrected chi connectivity index (χ1v) is 25.1. The summed E-state index contributed by atoms with van der Waals surface area (Å²) in [6, 6.07) is 0. The van der Waals surface area contributed by atoms with Gasteiger partial charge in [-0.05, 0) is 44.9 Å². The van der Waals surface area contributed by atoms with Gasteiger partial charge in [0.25, 0.3) is 0 Å². The molecule has 0 radical (unpaired) electrons. The minimum atomic E-state index is -4.27. The number of quaternary nitrogens is 1. The Hall–Kier alpha value is -1.02. The molecule has 0 saturated carbocycles. The molecule has 332 valence electrons. The van der Waals surface area contributed by atoms with Gasteiger partial charge >= 0.3 is 13.8 Å². The molecule has 0 aromatic rings. The van der Waals surface area contributed by atoms with Gasteiger partial charge in [0.1, 0.15) is 19.3 Å². The number of likely N-dealkylation sites (N-methyl/N-ethyl adjacent to an activating group) is 1. The van der Waals surface area contributed by atoms with Crippen molar-refractivity contribution in [2.45, 2.75) is 219 Å². The van der Waals surface area contributed by atoms with Crippen molar-refractivity contribution in [1.82, 2.24) is 0 Å². The Morgan fingerprint density at radius 2 is 0.982 bits per heavy atom. The summed E-state index contributed by atoms with van der Waals surface area (Å²) in [7, 11) is 1.67. The van der Waals surface area contributed by atoms with Crippen LogP contribution in [0.4, 0.5) is 0 Å². The molecule has 0 saturated heterocycles. The standard InChI is InChI=1S/C47H92NO7P/c1-6-8-10-12-14-16-18-20-21-22-23-24-25-26-27-28-29-31-33-35-37-39-42-52-44-46(45-54-56(50,51)53-43-41-48(3,4)5)55-47(49)40-38-36-34-32-30-19-17-15-13-11-9-7-2/h18,20,22-23,46H,6-17,19,21,24-45H2,1-5H3/p+1/b20-18-,23-22-. The number of esters is 1. The van der Waals surface area contributed by atoms with Crippen LogP contribution in [-0.4, -0.2) is 75.6 Å². The Labute approximate surface area is 347 Å². The minimum absolute atomic E-state index is 0.0901. The van der Waals surface area contributed by atoms with Crippen molar-refractivity contribution in [2.75, 3.05) is 54.1 Å². The molecule has 0 aliphatic carbocycles. The normalized spacial score (nSPS) is 13.9. The first-order valence-electron chi connectivity index (χ1n) is 23.6. The summed E-state index contributed by atoms with van der Waals surface area (Å²) in [4.78, 5) is 22.9. The number of nitrogens with zero attached hydrogens (tertiary/aromatic N) is 1. The summed E-state index contributed by atoms with van der Waals surface area (Å²) in [5.74, 6) is -0.313. The highest BCUT2D eigenvalue weighted by Gasteiger charge is 2.26. The first kappa shape index (κ1) is 55.0. The van der Waals surface area contributed by atoms with E-state index in [0.717, 1.165) is 38.5 Å². The number of rotatable bonds is 44. The second-order valence-corrected chi connectivity index (χ2v) is 18.6. The van der Waals surface area contributed by atoms with Gasteiger partial charge < -0.3 is 18.9 Å². The molecule has 0 aliphatic heterocycles. The van der Waals surface area contributed by atoms with E-state index in [1.54, 1.807) is 0 Å². The Morgan fingerprint density at radius 3 is 1.45 bits per heavy atom. The summed E-state index contributed by atoms with van der Waals surface area (Å²) in [5.41, 5.74) is 0. The molecular weight excluding hydrogens is 721 g/mol. The molecule has 0 fully saturated rings. The third-order valence-corrected chi connectivity index (χ3v) is 11.2. The smallest absolute Gasteiger partial charge is 0.457 e. The number of phosphoric ester groups is 1. The summed E-state index contributed by atoms with van der Waals surface area (Å²) < 4.78 is 35.0. The van der Waals surface area contributed by atoms with Crippen molar-refractivity contribution in [3.63, 3.8) is 0 Å². The van der Waals surface area contributed by atoms with Crippen molar-refractivity contribution >= 4 is 13.8 Å². The Bertz CT molecular complexity index is 951. The quantitative estimate of drug-likeness (QED) is 0.0215. The van der Waals surface area contributed by atoms with Crippen LogP contribution in [0.5, 0.6) is 0 Å². The molecule has 2 unspecified atom stereocenters. The van der Waals surface area contributed by atoms with Crippen LogP contribution in [0.25, 0.3) is 0 Å². The van der Waals surface area contributed by atoms with Gasteiger partial charge in [-0.15, -0.1) is 0 Å². The zero-order chi connectivity index (χ0) is 41.3. The fraction of sp³-hybridized carbons (Fsp3) is 0.894. The highest BCUT2D eigenvalue weighted by atomic mass is 31.2. The van der Waals surface area contributed by atoms with Crippen molar-refractivity contribution in [1.29, 1.82) is 0 Å². The van der Waals surface area contributed by atoms with Gasteiger partial charge in [0.05, 0.1) is 34.4 Å². The molecule has 0 aliphatic rings. The van der Waals surface area contributed by atoms with Crippen LogP contribution in [0, 0.1) is 0 Å². The molecule has 0 spiro atoms. The molecule has 0 aromatic carbocycles. The molecule has 0 rings (SSSR count). The second-order valence-electron chi connectivity index (χ2n) is 17.1. The number of allylic oxidation sites excluding steroid dienone is 4. The van der Waals surface area contributed by atoms with Gasteiger partial charge in [-0.1, -0.05) is 186 Å². The molecule has 8 nitrogen and oxygen atoms in total. The number of carbonyl (C=O) groups is 1. The molecule has 56 heavy (non-hydrogen) atoms. The number of hydrogen-bond acceptors (Lipinski definition) is 6. The topological polar surface area (TPSA) is 91.3 Å². The maximum Gasteiger partial charge on any atom is 0.472 e. The van der Waals surface area contributed by atoms with Gasteiger partial charge in [-0.25, -0.2) is 4.57 Å². The van der Waals surface area contributed by atoms with Crippen LogP contribution < -0.4 is 0 Å². The monoisotopic (exact) mass is 815 g/mol. The van der Waals surface area contributed by atoms with Crippen molar-refractivity contribution in [3.8, 4) is 0 Å². The number of carbonyl (C=O) groups excluding carboxylic acids is 1. The average molecular weight is 815 g/mol. The van der Waals surface area contributed by atoms with Crippen LogP contribution in [0.15, 0.2) is 24.3 Å². The second kappa shape index (κ2) is 40.7. The number of phosphoric acid groups is 1. The van der Waals surface area contributed by atoms with Gasteiger partial charge in [0, 0.05) is 13.0 Å². The van der Waals surface area contributed by atoms with E-state index in [1.807, 2.05) is 21.1 Å². The lowest BCUT2D eigenvalue weighted by Gasteiger charge is -2.24. The van der Waals surface area contributed by atoms with Crippen molar-refractivity contribution in [2.24, 2.45) is 0 Å². The zero-order valence-electron chi connectivity index (χ0n) is 37.6. The number of unbranched alkanes of at least 4 members (excludes halogenated alkanes) is 26. The van der Waals surface area contributed by atoms with Gasteiger partial charge in [-0.2, -0.15) is 0 Å². The third-order valence-electron chi connectivity index (χ3n) is 10.3. The Morgan fingerprint density at radius 1 is 0.554 bits per heavy atom. The maximum absolute atomic E-state index is 12.7. The number of hydrogen-bond donors (Lipinski definition) is 1. The Balaban J connectivity index is 4.12. The van der Waals surface area contributed by atoms with E-state index in [4.69, 9.17) is 18.5 Å². The van der Waals surface area contributed by atoms with Crippen LogP contribution in [0.3, 0.4) is 0 Å². The fourth-order valence-corrected chi connectivity index (χ4v) is 7.33. The average Bonchev–Trinajstić information content (AvgIpc) is 3.15. The van der Waals surface area contributed by atoms with Crippen LogP contribution in [-0.2, 0) is 27.9 Å². The Kier molecular flexibility index (Phi) is 40.0. The summed E-state index contributed by atoms with van der Waals surface area (Å²) in [5, 5.41) is 0. The summed E-state index contributed by atoms with van der Waals surface area (Å²) in [6.07, 6.45) is 46.4. The molecule has 1 N–H and O–H groups in total. The van der Waals surface area contributed by atoms with E-state index in [1.165, 1.54) is 154 Å². The maximum atomic E-state index is 12.7.